The molecular weight excluding hydrogens is 341 g/mol. The summed E-state index contributed by atoms with van der Waals surface area (Å²) in [5.41, 5.74) is 1.93. The lowest BCUT2D eigenvalue weighted by Crippen LogP contribution is -2.27. The van der Waals surface area contributed by atoms with Crippen molar-refractivity contribution in [2.75, 3.05) is 17.8 Å². The number of benzene rings is 1. The third-order valence-corrected chi connectivity index (χ3v) is 3.04. The fourth-order valence-corrected chi connectivity index (χ4v) is 1.83. The van der Waals surface area contributed by atoms with E-state index in [0.717, 1.165) is 0 Å². The van der Waals surface area contributed by atoms with Gasteiger partial charge in [-0.15, -0.1) is 0 Å². The second-order valence-corrected chi connectivity index (χ2v) is 5.73. The molecule has 0 unspecified atom stereocenters. The lowest BCUT2D eigenvalue weighted by atomic mass is 9.86. The number of hydrogen-bond donors (Lipinski definition) is 1. The maximum absolute atomic E-state index is 11.9. The largest absolute Gasteiger partial charge is 0.369 e. The summed E-state index contributed by atoms with van der Waals surface area (Å²) in [7, 11) is 0. The Hall–Kier alpha value is -0.620. The molecular formula is C14H20INO2. The van der Waals surface area contributed by atoms with Crippen molar-refractivity contribution in [3.05, 3.63) is 35.4 Å². The summed E-state index contributed by atoms with van der Waals surface area (Å²) < 4.78 is 5.82. The summed E-state index contributed by atoms with van der Waals surface area (Å²) in [6, 6.07) is 7.77. The zero-order chi connectivity index (χ0) is 13.6. The number of halogens is 1. The summed E-state index contributed by atoms with van der Waals surface area (Å²) in [5, 5.41) is 2.85. The second kappa shape index (κ2) is 7.09. The molecule has 0 saturated heterocycles. The van der Waals surface area contributed by atoms with Gasteiger partial charge < -0.3 is 10.1 Å². The average Bonchev–Trinajstić information content (AvgIpc) is 2.33. The van der Waals surface area contributed by atoms with Crippen LogP contribution in [0.5, 0.6) is 0 Å². The number of amides is 1. The van der Waals surface area contributed by atoms with E-state index < -0.39 is 0 Å². The molecule has 0 aromatic heterocycles. The fourth-order valence-electron chi connectivity index (χ4n) is 1.52. The first kappa shape index (κ1) is 15.4. The minimum Gasteiger partial charge on any atom is -0.369 e. The second-order valence-electron chi connectivity index (χ2n) is 5.10. The topological polar surface area (TPSA) is 38.3 Å². The SMILES string of the molecule is CC(C)(C)c1cccc(C(=O)NCCOCI)c1. The molecule has 4 heteroatoms. The Morgan fingerprint density at radius 3 is 2.72 bits per heavy atom. The van der Waals surface area contributed by atoms with Gasteiger partial charge in [0.05, 0.1) is 11.2 Å². The number of alkyl halides is 1. The Morgan fingerprint density at radius 2 is 2.11 bits per heavy atom. The molecule has 0 atom stereocenters. The predicted octanol–water partition coefficient (Wildman–Crippen LogP) is 3.12. The van der Waals surface area contributed by atoms with E-state index in [-0.39, 0.29) is 11.3 Å². The molecule has 0 radical (unpaired) electrons. The third kappa shape index (κ3) is 4.94. The van der Waals surface area contributed by atoms with Crippen molar-refractivity contribution in [2.24, 2.45) is 0 Å². The molecule has 0 aliphatic heterocycles. The van der Waals surface area contributed by atoms with Crippen LogP contribution in [0.1, 0.15) is 36.7 Å². The highest BCUT2D eigenvalue weighted by atomic mass is 127. The van der Waals surface area contributed by atoms with Gasteiger partial charge in [-0.25, -0.2) is 0 Å². The highest BCUT2D eigenvalue weighted by molar-refractivity contribution is 14.1. The van der Waals surface area contributed by atoms with Crippen LogP contribution in [0.3, 0.4) is 0 Å². The molecule has 0 bridgehead atoms. The van der Waals surface area contributed by atoms with Crippen molar-refractivity contribution in [1.29, 1.82) is 0 Å². The molecule has 3 nitrogen and oxygen atoms in total. The van der Waals surface area contributed by atoms with Crippen LogP contribution in [0.15, 0.2) is 24.3 Å². The number of nitrogens with one attached hydrogen (secondary N) is 1. The molecule has 0 aliphatic rings. The van der Waals surface area contributed by atoms with E-state index in [9.17, 15) is 4.79 Å². The molecule has 0 saturated carbocycles. The summed E-state index contributed by atoms with van der Waals surface area (Å²) >= 11 is 2.13. The van der Waals surface area contributed by atoms with Crippen molar-refractivity contribution < 1.29 is 9.53 Å². The van der Waals surface area contributed by atoms with Crippen molar-refractivity contribution in [3.63, 3.8) is 0 Å². The lowest BCUT2D eigenvalue weighted by Gasteiger charge is -2.19. The van der Waals surface area contributed by atoms with Gasteiger partial charge in [0, 0.05) is 12.1 Å². The Morgan fingerprint density at radius 1 is 1.39 bits per heavy atom. The molecule has 1 aromatic carbocycles. The van der Waals surface area contributed by atoms with Gasteiger partial charge in [0.2, 0.25) is 0 Å². The van der Waals surface area contributed by atoms with Crippen LogP contribution >= 0.6 is 22.6 Å². The van der Waals surface area contributed by atoms with Gasteiger partial charge >= 0.3 is 0 Å². The number of hydrogen-bond acceptors (Lipinski definition) is 2. The van der Waals surface area contributed by atoms with E-state index in [2.05, 4.69) is 54.7 Å². The number of rotatable bonds is 5. The van der Waals surface area contributed by atoms with E-state index >= 15 is 0 Å². The normalized spacial score (nSPS) is 11.3. The predicted molar refractivity (Wildman–Crippen MR) is 82.3 cm³/mol. The van der Waals surface area contributed by atoms with Crippen molar-refractivity contribution in [3.8, 4) is 0 Å². The summed E-state index contributed by atoms with van der Waals surface area (Å²) in [4.78, 5) is 11.9. The quantitative estimate of drug-likeness (QED) is 0.497. The highest BCUT2D eigenvalue weighted by Gasteiger charge is 2.15. The third-order valence-electron chi connectivity index (χ3n) is 2.60. The van der Waals surface area contributed by atoms with Gasteiger partial charge in [0.1, 0.15) is 0 Å². The van der Waals surface area contributed by atoms with E-state index in [0.29, 0.717) is 23.3 Å². The van der Waals surface area contributed by atoms with Gasteiger partial charge in [-0.3, -0.25) is 4.79 Å². The smallest absolute Gasteiger partial charge is 0.251 e. The Balaban J connectivity index is 2.63. The maximum atomic E-state index is 11.9. The summed E-state index contributed by atoms with van der Waals surface area (Å²) in [6.07, 6.45) is 0. The standard InChI is InChI=1S/C14H20INO2/c1-14(2,3)12-6-4-5-11(9-12)13(17)16-7-8-18-10-15/h4-6,9H,7-8,10H2,1-3H3,(H,16,17). The van der Waals surface area contributed by atoms with Crippen molar-refractivity contribution in [1.82, 2.24) is 5.32 Å². The summed E-state index contributed by atoms with van der Waals surface area (Å²) in [5.74, 6) is -0.0434. The monoisotopic (exact) mass is 361 g/mol. The Kier molecular flexibility index (Phi) is 6.08. The molecule has 0 fully saturated rings. The van der Waals surface area contributed by atoms with Gasteiger partial charge in [-0.05, 0) is 23.1 Å². The van der Waals surface area contributed by atoms with Gasteiger partial charge in [0.25, 0.3) is 5.91 Å². The van der Waals surface area contributed by atoms with E-state index in [1.165, 1.54) is 5.56 Å². The fraction of sp³-hybridized carbons (Fsp3) is 0.500. The first-order valence-corrected chi connectivity index (χ1v) is 7.50. The minimum atomic E-state index is -0.0434. The number of carbonyl (C=O) groups is 1. The van der Waals surface area contributed by atoms with Crippen LogP contribution in [-0.4, -0.2) is 23.7 Å². The van der Waals surface area contributed by atoms with E-state index in [1.54, 1.807) is 0 Å². The molecule has 1 rings (SSSR count). The zero-order valence-corrected chi connectivity index (χ0v) is 13.3. The van der Waals surface area contributed by atoms with Gasteiger partial charge in [-0.1, -0.05) is 55.5 Å². The molecule has 1 aromatic rings. The Bertz CT molecular complexity index is 399. The van der Waals surface area contributed by atoms with Crippen LogP contribution < -0.4 is 5.32 Å². The van der Waals surface area contributed by atoms with E-state index in [1.807, 2.05) is 18.2 Å². The zero-order valence-electron chi connectivity index (χ0n) is 11.1. The first-order chi connectivity index (χ1) is 8.45. The highest BCUT2D eigenvalue weighted by Crippen LogP contribution is 2.22. The molecule has 100 valence electrons. The van der Waals surface area contributed by atoms with Crippen LogP contribution in [0.25, 0.3) is 0 Å². The van der Waals surface area contributed by atoms with Crippen molar-refractivity contribution >= 4 is 28.5 Å². The maximum Gasteiger partial charge on any atom is 0.251 e. The molecule has 0 heterocycles. The van der Waals surface area contributed by atoms with Crippen LogP contribution in [-0.2, 0) is 10.2 Å². The number of carbonyl (C=O) groups excluding carboxylic acids is 1. The summed E-state index contributed by atoms with van der Waals surface area (Å²) in [6.45, 7) is 7.50. The molecule has 18 heavy (non-hydrogen) atoms. The Labute approximate surface area is 122 Å². The average molecular weight is 361 g/mol. The van der Waals surface area contributed by atoms with Gasteiger partial charge in [-0.2, -0.15) is 0 Å². The minimum absolute atomic E-state index is 0.0434. The molecule has 1 amide bonds. The molecule has 1 N–H and O–H groups in total. The first-order valence-electron chi connectivity index (χ1n) is 5.97. The van der Waals surface area contributed by atoms with E-state index in [4.69, 9.17) is 4.74 Å². The van der Waals surface area contributed by atoms with Crippen LogP contribution in [0.2, 0.25) is 0 Å². The molecule has 0 spiro atoms. The molecule has 0 aliphatic carbocycles. The lowest BCUT2D eigenvalue weighted by molar-refractivity contribution is 0.0935. The van der Waals surface area contributed by atoms with Gasteiger partial charge in [0.15, 0.2) is 0 Å². The number of ether oxygens (including phenoxy) is 1. The van der Waals surface area contributed by atoms with Crippen LogP contribution in [0, 0.1) is 0 Å². The van der Waals surface area contributed by atoms with Crippen LogP contribution in [0.4, 0.5) is 0 Å². The van der Waals surface area contributed by atoms with Crippen molar-refractivity contribution in [2.45, 2.75) is 26.2 Å².